The summed E-state index contributed by atoms with van der Waals surface area (Å²) in [5, 5.41) is 1.14. The van der Waals surface area contributed by atoms with Crippen LogP contribution < -0.4 is 21.5 Å². The maximum Gasteiger partial charge on any atom is 0.230 e. The third-order valence-corrected chi connectivity index (χ3v) is 3.59. The van der Waals surface area contributed by atoms with Gasteiger partial charge in [-0.3, -0.25) is 4.79 Å². The van der Waals surface area contributed by atoms with Crippen LogP contribution in [0.25, 0.3) is 10.9 Å². The fraction of sp³-hybridized carbons (Fsp3) is 0.111. The van der Waals surface area contributed by atoms with Gasteiger partial charge < -0.3 is 17.0 Å². The van der Waals surface area contributed by atoms with Crippen molar-refractivity contribution < 1.29 is 26.3 Å². The topological polar surface area (TPSA) is 20.9 Å². The van der Waals surface area contributed by atoms with E-state index in [2.05, 4.69) is 12.1 Å². The van der Waals surface area contributed by atoms with Crippen LogP contribution in [0.4, 0.5) is 0 Å². The Labute approximate surface area is 134 Å². The van der Waals surface area contributed by atoms with Gasteiger partial charge in [-0.2, -0.15) is 4.57 Å². The van der Waals surface area contributed by atoms with Crippen LogP contribution in [0.15, 0.2) is 72.9 Å². The third-order valence-electron chi connectivity index (χ3n) is 3.59. The van der Waals surface area contributed by atoms with Crippen LogP contribution in [-0.2, 0) is 0 Å². The molecule has 2 nitrogen and oxygen atoms in total. The van der Waals surface area contributed by atoms with E-state index in [9.17, 15) is 4.79 Å². The maximum absolute atomic E-state index is 12.6. The van der Waals surface area contributed by atoms with Crippen molar-refractivity contribution in [2.24, 2.45) is 0 Å². The summed E-state index contributed by atoms with van der Waals surface area (Å²) < 4.78 is 2.03. The molecule has 106 valence electrons. The van der Waals surface area contributed by atoms with E-state index in [1.54, 1.807) is 0 Å². The maximum atomic E-state index is 12.6. The van der Waals surface area contributed by atoms with Crippen molar-refractivity contribution in [2.45, 2.75) is 13.0 Å². The number of carbonyl (C=O) groups excluding carboxylic acids is 1. The Morgan fingerprint density at radius 3 is 2.29 bits per heavy atom. The molecule has 0 fully saturated rings. The monoisotopic (exact) mass is 341 g/mol. The molecule has 0 aliphatic carbocycles. The molecule has 0 spiro atoms. The molecule has 0 amide bonds. The standard InChI is InChI=1S/C18H16NO.BrH/c1-14(18(20)16-9-3-2-4-10-16)19-13-7-11-15-8-5-6-12-17(15)19;/h2-14H,1H3;1H/q+1;/p-1. The number of hydrogen-bond acceptors (Lipinski definition) is 1. The molecule has 0 saturated carbocycles. The largest absolute Gasteiger partial charge is 1.00 e. The Kier molecular flexibility index (Phi) is 4.86. The van der Waals surface area contributed by atoms with Crippen molar-refractivity contribution in [3.05, 3.63) is 78.5 Å². The Morgan fingerprint density at radius 2 is 1.52 bits per heavy atom. The Morgan fingerprint density at radius 1 is 0.905 bits per heavy atom. The van der Waals surface area contributed by atoms with Crippen LogP contribution in [0.1, 0.15) is 23.3 Å². The third kappa shape index (κ3) is 3.03. The van der Waals surface area contributed by atoms with Crippen LogP contribution >= 0.6 is 0 Å². The summed E-state index contributed by atoms with van der Waals surface area (Å²) in [5.41, 5.74) is 1.83. The lowest BCUT2D eigenvalue weighted by Crippen LogP contribution is -3.00. The van der Waals surface area contributed by atoms with Gasteiger partial charge in [0.05, 0.1) is 0 Å². The number of Topliss-reactive ketones (excluding diaryl/α,β-unsaturated/α-hetero) is 1. The van der Waals surface area contributed by atoms with Gasteiger partial charge in [0.2, 0.25) is 17.3 Å². The molecule has 1 heterocycles. The molecule has 1 atom stereocenters. The highest BCUT2D eigenvalue weighted by Crippen LogP contribution is 2.14. The highest BCUT2D eigenvalue weighted by atomic mass is 79.9. The summed E-state index contributed by atoms with van der Waals surface area (Å²) in [5.74, 6) is 0.131. The number of halogens is 1. The minimum Gasteiger partial charge on any atom is -1.00 e. The van der Waals surface area contributed by atoms with Crippen molar-refractivity contribution >= 4 is 16.7 Å². The molecule has 2 aromatic carbocycles. The van der Waals surface area contributed by atoms with Crippen LogP contribution in [-0.4, -0.2) is 5.78 Å². The number of fused-ring (bicyclic) bond motifs is 1. The first-order chi connectivity index (χ1) is 9.77. The van der Waals surface area contributed by atoms with Crippen molar-refractivity contribution in [2.75, 3.05) is 0 Å². The number of para-hydroxylation sites is 1. The van der Waals surface area contributed by atoms with E-state index in [0.717, 1.165) is 16.5 Å². The number of nitrogens with zero attached hydrogens (tertiary/aromatic N) is 1. The Hall–Kier alpha value is -2.00. The van der Waals surface area contributed by atoms with E-state index in [4.69, 9.17) is 0 Å². The van der Waals surface area contributed by atoms with Crippen molar-refractivity contribution in [3.63, 3.8) is 0 Å². The predicted molar refractivity (Wildman–Crippen MR) is 79.6 cm³/mol. The van der Waals surface area contributed by atoms with Gasteiger partial charge in [0.25, 0.3) is 0 Å². The second kappa shape index (κ2) is 6.64. The average Bonchev–Trinajstić information content (AvgIpc) is 2.54. The summed E-state index contributed by atoms with van der Waals surface area (Å²) in [7, 11) is 0. The van der Waals surface area contributed by atoms with E-state index in [-0.39, 0.29) is 28.8 Å². The van der Waals surface area contributed by atoms with E-state index < -0.39 is 0 Å². The molecule has 1 unspecified atom stereocenters. The molecule has 3 rings (SSSR count). The van der Waals surface area contributed by atoms with Crippen LogP contribution in [0.3, 0.4) is 0 Å². The van der Waals surface area contributed by atoms with Crippen LogP contribution in [0.5, 0.6) is 0 Å². The lowest BCUT2D eigenvalue weighted by atomic mass is 10.0. The van der Waals surface area contributed by atoms with Gasteiger partial charge >= 0.3 is 0 Å². The molecular weight excluding hydrogens is 326 g/mol. The average molecular weight is 342 g/mol. The molecule has 3 aromatic rings. The highest BCUT2D eigenvalue weighted by Gasteiger charge is 2.25. The Balaban J connectivity index is 0.00000161. The second-order valence-corrected chi connectivity index (χ2v) is 4.88. The van der Waals surface area contributed by atoms with E-state index in [1.165, 1.54) is 0 Å². The normalized spacial score (nSPS) is 11.7. The molecule has 21 heavy (non-hydrogen) atoms. The summed E-state index contributed by atoms with van der Waals surface area (Å²) >= 11 is 0. The molecule has 0 aliphatic heterocycles. The van der Waals surface area contributed by atoms with Crippen molar-refractivity contribution in [1.82, 2.24) is 0 Å². The molecule has 0 N–H and O–H groups in total. The number of hydrogen-bond donors (Lipinski definition) is 0. The minimum absolute atomic E-state index is 0. The van der Waals surface area contributed by atoms with Gasteiger partial charge in [-0.15, -0.1) is 0 Å². The van der Waals surface area contributed by atoms with E-state index >= 15 is 0 Å². The van der Waals surface area contributed by atoms with Crippen molar-refractivity contribution in [3.8, 4) is 0 Å². The summed E-state index contributed by atoms with van der Waals surface area (Å²) in [4.78, 5) is 12.6. The number of carbonyl (C=O) groups is 1. The lowest BCUT2D eigenvalue weighted by Gasteiger charge is -2.08. The predicted octanol–water partition coefficient (Wildman–Crippen LogP) is 0.575. The van der Waals surface area contributed by atoms with Gasteiger partial charge in [-0.1, -0.05) is 42.5 Å². The summed E-state index contributed by atoms with van der Waals surface area (Å²) in [6.07, 6.45) is 1.97. The SMILES string of the molecule is CC(C(=O)c1ccccc1)[n+]1cccc2ccccc21.[Br-]. The molecule has 0 bridgehead atoms. The first kappa shape index (κ1) is 15.4. The van der Waals surface area contributed by atoms with Gasteiger partial charge in [-0.05, 0) is 12.1 Å². The quantitative estimate of drug-likeness (QED) is 0.504. The van der Waals surface area contributed by atoms with Gasteiger partial charge in [-0.25, -0.2) is 0 Å². The van der Waals surface area contributed by atoms with Crippen LogP contribution in [0.2, 0.25) is 0 Å². The van der Waals surface area contributed by atoms with Gasteiger partial charge in [0.1, 0.15) is 0 Å². The van der Waals surface area contributed by atoms with E-state index in [0.29, 0.717) is 0 Å². The number of benzene rings is 2. The molecule has 1 aromatic heterocycles. The zero-order valence-corrected chi connectivity index (χ0v) is 13.3. The lowest BCUT2D eigenvalue weighted by molar-refractivity contribution is -0.679. The molecule has 3 heteroatoms. The Bertz CT molecular complexity index is 750. The zero-order chi connectivity index (χ0) is 13.9. The number of pyridine rings is 1. The fourth-order valence-electron chi connectivity index (χ4n) is 2.49. The molecule has 0 radical (unpaired) electrons. The first-order valence-electron chi connectivity index (χ1n) is 6.75. The number of ketones is 1. The fourth-order valence-corrected chi connectivity index (χ4v) is 2.49. The van der Waals surface area contributed by atoms with E-state index in [1.807, 2.05) is 72.3 Å². The van der Waals surface area contributed by atoms with Crippen LogP contribution in [0, 0.1) is 0 Å². The first-order valence-corrected chi connectivity index (χ1v) is 6.75. The smallest absolute Gasteiger partial charge is 0.230 e. The minimum atomic E-state index is -0.219. The zero-order valence-electron chi connectivity index (χ0n) is 11.7. The summed E-state index contributed by atoms with van der Waals surface area (Å²) in [6, 6.07) is 21.4. The second-order valence-electron chi connectivity index (χ2n) is 4.88. The summed E-state index contributed by atoms with van der Waals surface area (Å²) in [6.45, 7) is 1.95. The highest BCUT2D eigenvalue weighted by molar-refractivity contribution is 5.97. The molecular formula is C18H16BrNO. The number of aromatic nitrogens is 1. The molecule has 0 aliphatic rings. The van der Waals surface area contributed by atoms with Crippen molar-refractivity contribution in [1.29, 1.82) is 0 Å². The van der Waals surface area contributed by atoms with Gasteiger partial charge in [0.15, 0.2) is 6.20 Å². The van der Waals surface area contributed by atoms with Gasteiger partial charge in [0, 0.05) is 30.0 Å². The number of rotatable bonds is 3. The molecule has 0 saturated heterocycles.